The molecule has 0 aliphatic heterocycles. The van der Waals surface area contributed by atoms with Gasteiger partial charge < -0.3 is 5.32 Å². The number of carbonyl (C=O) groups excluding carboxylic acids is 1. The Morgan fingerprint density at radius 3 is 2.40 bits per heavy atom. The molecule has 1 aromatic heterocycles. The maximum absolute atomic E-state index is 13.0. The quantitative estimate of drug-likeness (QED) is 0.322. The fraction of sp³-hybridized carbons (Fsp3) is 0. The first-order valence-electron chi connectivity index (χ1n) is 9.26. The third kappa shape index (κ3) is 4.06. The fourth-order valence-corrected chi connectivity index (χ4v) is 3.82. The first kappa shape index (κ1) is 20.1. The molecule has 0 saturated carbocycles. The molecule has 0 aliphatic carbocycles. The van der Waals surface area contributed by atoms with Gasteiger partial charge in [0.25, 0.3) is 0 Å². The lowest BCUT2D eigenvalue weighted by molar-refractivity contribution is 0.103. The van der Waals surface area contributed by atoms with Gasteiger partial charge in [0, 0.05) is 27.5 Å². The fourth-order valence-electron chi connectivity index (χ4n) is 3.13. The predicted octanol–water partition coefficient (Wildman–Crippen LogP) is 4.79. The number of nitrogens with zero attached hydrogens (tertiary/aromatic N) is 1. The second kappa shape index (κ2) is 8.65. The van der Waals surface area contributed by atoms with Gasteiger partial charge in [-0.05, 0) is 30.3 Å². The molecule has 0 spiro atoms. The molecule has 4 nitrogen and oxygen atoms in total. The predicted molar refractivity (Wildman–Crippen MR) is 128 cm³/mol. The van der Waals surface area contributed by atoms with E-state index in [1.807, 2.05) is 71.4 Å². The van der Waals surface area contributed by atoms with E-state index >= 15 is 0 Å². The van der Waals surface area contributed by atoms with Gasteiger partial charge in [0.15, 0.2) is 5.78 Å². The molecule has 148 valence electrons. The number of H-pyrrole nitrogens is 1. The zero-order valence-electron chi connectivity index (χ0n) is 15.9. The summed E-state index contributed by atoms with van der Waals surface area (Å²) in [5.74, 6) is -0.0605. The topological polar surface area (TPSA) is 49.8 Å². The van der Waals surface area contributed by atoms with Crippen LogP contribution < -0.4 is 15.9 Å². The number of halogens is 1. The van der Waals surface area contributed by atoms with E-state index in [-0.39, 0.29) is 5.78 Å². The van der Waals surface area contributed by atoms with Gasteiger partial charge in [0.2, 0.25) is 0 Å². The molecule has 0 aliphatic rings. The molecule has 0 bridgehead atoms. The van der Waals surface area contributed by atoms with Crippen molar-refractivity contribution in [2.75, 3.05) is 5.32 Å². The van der Waals surface area contributed by atoms with Crippen molar-refractivity contribution in [1.82, 2.24) is 9.78 Å². The van der Waals surface area contributed by atoms with Crippen LogP contribution in [0.4, 0.5) is 5.69 Å². The van der Waals surface area contributed by atoms with Crippen molar-refractivity contribution in [3.05, 3.63) is 110 Å². The molecule has 0 unspecified atom stereocenters. The lowest BCUT2D eigenvalue weighted by Gasteiger charge is -2.09. The molecule has 6 heteroatoms. The lowest BCUT2D eigenvalue weighted by atomic mass is 10.0. The normalized spacial score (nSPS) is 11.4. The first-order chi connectivity index (χ1) is 14.5. The average Bonchev–Trinajstić information content (AvgIpc) is 3.07. The minimum atomic E-state index is -0.0605. The summed E-state index contributed by atoms with van der Waals surface area (Å²) in [4.78, 5) is 13.0. The number of nitrogens with one attached hydrogen (secondary N) is 2. The summed E-state index contributed by atoms with van der Waals surface area (Å²) in [5, 5.41) is 7.88. The minimum absolute atomic E-state index is 0.0605. The molecule has 4 aromatic rings. The average molecular weight is 476 g/mol. The highest BCUT2D eigenvalue weighted by atomic mass is 79.9. The third-order valence-corrected chi connectivity index (χ3v) is 5.55. The van der Waals surface area contributed by atoms with Gasteiger partial charge in [-0.15, -0.1) is 0 Å². The molecule has 0 amide bonds. The molecule has 30 heavy (non-hydrogen) atoms. The summed E-state index contributed by atoms with van der Waals surface area (Å²) in [6.07, 6.45) is 1.78. The van der Waals surface area contributed by atoms with Crippen molar-refractivity contribution in [1.29, 1.82) is 0 Å². The van der Waals surface area contributed by atoms with Crippen molar-refractivity contribution in [3.63, 3.8) is 0 Å². The van der Waals surface area contributed by atoms with Crippen LogP contribution in [0.1, 0.15) is 15.9 Å². The van der Waals surface area contributed by atoms with Gasteiger partial charge in [0.05, 0.1) is 16.3 Å². The van der Waals surface area contributed by atoms with Gasteiger partial charge in [-0.1, -0.05) is 83.3 Å². The van der Waals surface area contributed by atoms with Crippen molar-refractivity contribution in [2.45, 2.75) is 0 Å². The summed E-state index contributed by atoms with van der Waals surface area (Å²) in [7, 11) is 0. The highest BCUT2D eigenvalue weighted by Gasteiger charge is 2.14. The summed E-state index contributed by atoms with van der Waals surface area (Å²) in [6, 6.07) is 24.6. The summed E-state index contributed by atoms with van der Waals surface area (Å²) in [5.41, 5.74) is 2.81. The smallest absolute Gasteiger partial charge is 0.195 e. The Hall–Kier alpha value is -3.22. The number of ketones is 1. The first-order valence-corrected chi connectivity index (χ1v) is 10.5. The maximum Gasteiger partial charge on any atom is 0.195 e. The van der Waals surface area contributed by atoms with Gasteiger partial charge in [0.1, 0.15) is 4.64 Å². The van der Waals surface area contributed by atoms with Crippen LogP contribution in [0.3, 0.4) is 0 Å². The van der Waals surface area contributed by atoms with E-state index < -0.39 is 0 Å². The van der Waals surface area contributed by atoms with Crippen LogP contribution in [-0.2, 0) is 0 Å². The third-order valence-electron chi connectivity index (χ3n) is 4.65. The van der Waals surface area contributed by atoms with Crippen LogP contribution in [0, 0.1) is 4.64 Å². The summed E-state index contributed by atoms with van der Waals surface area (Å²) < 4.78 is 3.24. The Balaban J connectivity index is 1.74. The Kier molecular flexibility index (Phi) is 5.79. The molecule has 0 atom stereocenters. The number of para-hydroxylation sites is 1. The largest absolute Gasteiger partial charge is 0.360 e. The van der Waals surface area contributed by atoms with Crippen LogP contribution in [0.25, 0.3) is 18.5 Å². The number of hydrogen-bond acceptors (Lipinski definition) is 3. The molecule has 3 aromatic carbocycles. The minimum Gasteiger partial charge on any atom is -0.360 e. The van der Waals surface area contributed by atoms with E-state index in [1.54, 1.807) is 18.3 Å². The van der Waals surface area contributed by atoms with E-state index in [4.69, 9.17) is 12.2 Å². The second-order valence-electron chi connectivity index (χ2n) is 6.65. The van der Waals surface area contributed by atoms with Crippen LogP contribution in [-0.4, -0.2) is 15.6 Å². The molecular formula is C24H18BrN3OS. The Morgan fingerprint density at radius 1 is 1.03 bits per heavy atom. The molecule has 0 fully saturated rings. The Morgan fingerprint density at radius 2 is 1.70 bits per heavy atom. The van der Waals surface area contributed by atoms with Crippen LogP contribution in [0.5, 0.6) is 0 Å². The zero-order valence-corrected chi connectivity index (χ0v) is 18.3. The van der Waals surface area contributed by atoms with Crippen molar-refractivity contribution >= 4 is 52.4 Å². The van der Waals surface area contributed by atoms with Crippen LogP contribution in [0.15, 0.2) is 83.3 Å². The van der Waals surface area contributed by atoms with Crippen molar-refractivity contribution < 1.29 is 4.79 Å². The highest BCUT2D eigenvalue weighted by Crippen LogP contribution is 2.24. The number of anilines is 1. The Labute approximate surface area is 187 Å². The van der Waals surface area contributed by atoms with Gasteiger partial charge in [-0.3, -0.25) is 9.89 Å². The molecule has 2 N–H and O–H groups in total. The Bertz CT molecular complexity index is 1380. The van der Waals surface area contributed by atoms with E-state index in [0.29, 0.717) is 26.8 Å². The number of benzene rings is 3. The van der Waals surface area contributed by atoms with Crippen LogP contribution in [0.2, 0.25) is 0 Å². The number of carbonyl (C=O) groups is 1. The van der Waals surface area contributed by atoms with Crippen molar-refractivity contribution in [2.24, 2.45) is 0 Å². The summed E-state index contributed by atoms with van der Waals surface area (Å²) in [6.45, 7) is 4.07. The molecule has 1 heterocycles. The SMILES string of the molecule is C=c1[nH]n(-c2ccccc2)c(=S)/c1=C\Nc1ccc(Br)cc1C(=O)c1ccccc1. The standard InChI is InChI=1S/C24H18BrN3OS/c1-16-21(24(30)28(27-16)19-10-6-3-7-11-19)15-26-22-13-12-18(25)14-20(22)23(29)17-8-4-2-5-9-17/h2-15,26-27H,1H2/b21-15-. The van der Waals surface area contributed by atoms with E-state index in [2.05, 4.69) is 32.9 Å². The monoisotopic (exact) mass is 475 g/mol. The van der Waals surface area contributed by atoms with Gasteiger partial charge in [-0.2, -0.15) is 0 Å². The number of rotatable bonds is 5. The number of aromatic amines is 1. The van der Waals surface area contributed by atoms with Gasteiger partial charge in [-0.25, -0.2) is 4.68 Å². The van der Waals surface area contributed by atoms with Crippen LogP contribution >= 0.6 is 28.1 Å². The second-order valence-corrected chi connectivity index (χ2v) is 7.96. The number of aromatic nitrogens is 2. The molecule has 0 saturated heterocycles. The zero-order chi connectivity index (χ0) is 21.1. The number of hydrogen-bond donors (Lipinski definition) is 2. The van der Waals surface area contributed by atoms with Crippen molar-refractivity contribution in [3.8, 4) is 5.69 Å². The van der Waals surface area contributed by atoms with Gasteiger partial charge >= 0.3 is 0 Å². The molecular weight excluding hydrogens is 458 g/mol. The molecule has 0 radical (unpaired) electrons. The van der Waals surface area contributed by atoms with E-state index in [9.17, 15) is 4.79 Å². The highest BCUT2D eigenvalue weighted by molar-refractivity contribution is 9.10. The van der Waals surface area contributed by atoms with E-state index in [0.717, 1.165) is 15.4 Å². The molecule has 4 rings (SSSR count). The van der Waals surface area contributed by atoms with E-state index in [1.165, 1.54) is 0 Å². The maximum atomic E-state index is 13.0. The summed E-state index contributed by atoms with van der Waals surface area (Å²) >= 11 is 9.10. The lowest BCUT2D eigenvalue weighted by Crippen LogP contribution is -2.22.